The molecule has 0 aromatic carbocycles. The van der Waals surface area contributed by atoms with Crippen LogP contribution in [0.4, 0.5) is 0 Å². The Hall–Kier alpha value is -1.34. The van der Waals surface area contributed by atoms with Gasteiger partial charge in [-0.25, -0.2) is 8.42 Å². The van der Waals surface area contributed by atoms with Crippen molar-refractivity contribution < 1.29 is 22.7 Å². The van der Waals surface area contributed by atoms with Crippen molar-refractivity contribution in [3.05, 3.63) is 23.7 Å². The zero-order valence-corrected chi connectivity index (χ0v) is 13.1. The van der Waals surface area contributed by atoms with E-state index in [2.05, 4.69) is 6.92 Å². The predicted molar refractivity (Wildman–Crippen MR) is 77.4 cm³/mol. The van der Waals surface area contributed by atoms with Gasteiger partial charge >= 0.3 is 5.97 Å². The zero-order chi connectivity index (χ0) is 15.6. The molecule has 0 spiro atoms. The molecule has 1 heterocycles. The SMILES string of the molecule is CC1CC1c1ccc(CN(C)S(=O)(=O)CCCC(=O)O)o1. The quantitative estimate of drug-likeness (QED) is 0.793. The summed E-state index contributed by atoms with van der Waals surface area (Å²) in [5.41, 5.74) is 0. The van der Waals surface area contributed by atoms with E-state index in [1.807, 2.05) is 12.1 Å². The Balaban J connectivity index is 1.89. The summed E-state index contributed by atoms with van der Waals surface area (Å²) in [6.07, 6.45) is 1.10. The third-order valence-electron chi connectivity index (χ3n) is 3.80. The standard InChI is InChI=1S/C14H21NO5S/c1-10-8-12(10)13-6-5-11(20-13)9-15(2)21(18,19)7-3-4-14(16)17/h5-6,10,12H,3-4,7-9H2,1-2H3,(H,16,17). The number of aliphatic carboxylic acids is 1. The molecule has 7 heteroatoms. The van der Waals surface area contributed by atoms with Crippen LogP contribution in [-0.4, -0.2) is 36.6 Å². The molecule has 2 atom stereocenters. The van der Waals surface area contributed by atoms with Gasteiger partial charge in [-0.2, -0.15) is 4.31 Å². The first-order valence-electron chi connectivity index (χ1n) is 7.04. The van der Waals surface area contributed by atoms with Crippen LogP contribution >= 0.6 is 0 Å². The summed E-state index contributed by atoms with van der Waals surface area (Å²) in [6, 6.07) is 3.72. The number of furan rings is 1. The van der Waals surface area contributed by atoms with Crippen LogP contribution in [0, 0.1) is 5.92 Å². The van der Waals surface area contributed by atoms with Crippen LogP contribution in [0.5, 0.6) is 0 Å². The molecule has 1 fully saturated rings. The van der Waals surface area contributed by atoms with E-state index in [9.17, 15) is 13.2 Å². The van der Waals surface area contributed by atoms with E-state index in [4.69, 9.17) is 9.52 Å². The summed E-state index contributed by atoms with van der Waals surface area (Å²) in [5.74, 6) is 1.51. The first kappa shape index (κ1) is 16.0. The third-order valence-corrected chi connectivity index (χ3v) is 5.69. The molecule has 1 aliphatic rings. The molecule has 1 N–H and O–H groups in total. The largest absolute Gasteiger partial charge is 0.481 e. The normalized spacial score (nSPS) is 21.7. The Labute approximate surface area is 124 Å². The van der Waals surface area contributed by atoms with Crippen molar-refractivity contribution in [3.8, 4) is 0 Å². The topological polar surface area (TPSA) is 87.8 Å². The summed E-state index contributed by atoms with van der Waals surface area (Å²) in [6.45, 7) is 2.34. The molecule has 0 amide bonds. The fraction of sp³-hybridized carbons (Fsp3) is 0.643. The van der Waals surface area contributed by atoms with Gasteiger partial charge in [0.1, 0.15) is 11.5 Å². The van der Waals surface area contributed by atoms with Crippen molar-refractivity contribution in [2.75, 3.05) is 12.8 Å². The molecule has 1 saturated carbocycles. The molecule has 1 aliphatic carbocycles. The molecular weight excluding hydrogens is 294 g/mol. The molecular formula is C14H21NO5S. The maximum absolute atomic E-state index is 12.0. The van der Waals surface area contributed by atoms with Gasteiger partial charge in [0.2, 0.25) is 10.0 Å². The number of carbonyl (C=O) groups is 1. The average Bonchev–Trinajstić information content (AvgIpc) is 2.93. The van der Waals surface area contributed by atoms with Crippen molar-refractivity contribution in [3.63, 3.8) is 0 Å². The van der Waals surface area contributed by atoms with Crippen molar-refractivity contribution >= 4 is 16.0 Å². The van der Waals surface area contributed by atoms with Gasteiger partial charge < -0.3 is 9.52 Å². The monoisotopic (exact) mass is 315 g/mol. The van der Waals surface area contributed by atoms with E-state index >= 15 is 0 Å². The van der Waals surface area contributed by atoms with Crippen molar-refractivity contribution in [2.45, 2.75) is 38.6 Å². The number of sulfonamides is 1. The van der Waals surface area contributed by atoms with Crippen LogP contribution < -0.4 is 0 Å². The van der Waals surface area contributed by atoms with E-state index in [0.717, 1.165) is 12.2 Å². The molecule has 2 unspecified atom stereocenters. The van der Waals surface area contributed by atoms with Crippen LogP contribution in [-0.2, 0) is 21.4 Å². The highest BCUT2D eigenvalue weighted by Gasteiger charge is 2.36. The Kier molecular flexibility index (Phi) is 4.73. The van der Waals surface area contributed by atoms with E-state index in [1.165, 1.54) is 11.4 Å². The smallest absolute Gasteiger partial charge is 0.303 e. The lowest BCUT2D eigenvalue weighted by atomic mass is 10.3. The number of hydrogen-bond donors (Lipinski definition) is 1. The highest BCUT2D eigenvalue weighted by atomic mass is 32.2. The van der Waals surface area contributed by atoms with Crippen LogP contribution in [0.2, 0.25) is 0 Å². The van der Waals surface area contributed by atoms with Gasteiger partial charge in [0, 0.05) is 19.4 Å². The second kappa shape index (κ2) is 6.19. The molecule has 1 aromatic heterocycles. The molecule has 0 saturated heterocycles. The molecule has 1 aromatic rings. The second-order valence-corrected chi connectivity index (χ2v) is 7.89. The minimum Gasteiger partial charge on any atom is -0.481 e. The van der Waals surface area contributed by atoms with Gasteiger partial charge in [-0.05, 0) is 30.9 Å². The summed E-state index contributed by atoms with van der Waals surface area (Å²) in [4.78, 5) is 10.4. The number of nitrogens with zero attached hydrogens (tertiary/aromatic N) is 1. The molecule has 2 rings (SSSR count). The van der Waals surface area contributed by atoms with E-state index in [0.29, 0.717) is 17.6 Å². The van der Waals surface area contributed by atoms with Gasteiger partial charge in [-0.3, -0.25) is 4.79 Å². The summed E-state index contributed by atoms with van der Waals surface area (Å²) >= 11 is 0. The predicted octanol–water partition coefficient (Wildman–Crippen LogP) is 2.03. The lowest BCUT2D eigenvalue weighted by molar-refractivity contribution is -0.137. The van der Waals surface area contributed by atoms with Gasteiger partial charge in [0.15, 0.2) is 0 Å². The van der Waals surface area contributed by atoms with Crippen molar-refractivity contribution in [1.82, 2.24) is 4.31 Å². The Bertz CT molecular complexity index is 607. The molecule has 0 aliphatic heterocycles. The van der Waals surface area contributed by atoms with Gasteiger partial charge in [0.05, 0.1) is 12.3 Å². The Morgan fingerprint density at radius 3 is 2.71 bits per heavy atom. The average molecular weight is 315 g/mol. The first-order chi connectivity index (χ1) is 9.79. The molecule has 6 nitrogen and oxygen atoms in total. The summed E-state index contributed by atoms with van der Waals surface area (Å²) in [5, 5.41) is 8.54. The summed E-state index contributed by atoms with van der Waals surface area (Å²) in [7, 11) is -1.97. The van der Waals surface area contributed by atoms with Gasteiger partial charge in [-0.15, -0.1) is 0 Å². The van der Waals surface area contributed by atoms with E-state index in [1.54, 1.807) is 0 Å². The van der Waals surface area contributed by atoms with E-state index in [-0.39, 0.29) is 25.1 Å². The lowest BCUT2D eigenvalue weighted by Crippen LogP contribution is -2.28. The Morgan fingerprint density at radius 1 is 1.48 bits per heavy atom. The van der Waals surface area contributed by atoms with Gasteiger partial charge in [-0.1, -0.05) is 6.92 Å². The van der Waals surface area contributed by atoms with Crippen LogP contribution in [0.15, 0.2) is 16.5 Å². The van der Waals surface area contributed by atoms with Crippen molar-refractivity contribution in [2.24, 2.45) is 5.92 Å². The minimum absolute atomic E-state index is 0.116. The Morgan fingerprint density at radius 2 is 2.14 bits per heavy atom. The molecule has 0 radical (unpaired) electrons. The number of carboxylic acids is 1. The first-order valence-corrected chi connectivity index (χ1v) is 8.65. The zero-order valence-electron chi connectivity index (χ0n) is 12.3. The lowest BCUT2D eigenvalue weighted by Gasteiger charge is -2.15. The van der Waals surface area contributed by atoms with E-state index < -0.39 is 16.0 Å². The number of hydrogen-bond acceptors (Lipinski definition) is 4. The van der Waals surface area contributed by atoms with Gasteiger partial charge in [0.25, 0.3) is 0 Å². The maximum atomic E-state index is 12.0. The highest BCUT2D eigenvalue weighted by molar-refractivity contribution is 7.89. The highest BCUT2D eigenvalue weighted by Crippen LogP contribution is 2.47. The number of rotatable bonds is 8. The van der Waals surface area contributed by atoms with Crippen LogP contribution in [0.1, 0.15) is 43.6 Å². The second-order valence-electron chi connectivity index (χ2n) is 5.69. The minimum atomic E-state index is -3.45. The summed E-state index contributed by atoms with van der Waals surface area (Å²) < 4.78 is 30.9. The molecule has 118 valence electrons. The third kappa shape index (κ3) is 4.31. The van der Waals surface area contributed by atoms with Crippen LogP contribution in [0.3, 0.4) is 0 Å². The molecule has 21 heavy (non-hydrogen) atoms. The fourth-order valence-electron chi connectivity index (χ4n) is 2.28. The maximum Gasteiger partial charge on any atom is 0.303 e. The van der Waals surface area contributed by atoms with Crippen LogP contribution in [0.25, 0.3) is 0 Å². The van der Waals surface area contributed by atoms with Crippen molar-refractivity contribution in [1.29, 1.82) is 0 Å². The molecule has 0 bridgehead atoms. The number of carboxylic acid groups (broad SMARTS) is 1. The fourth-order valence-corrected chi connectivity index (χ4v) is 3.42.